The lowest BCUT2D eigenvalue weighted by Crippen LogP contribution is -2.36. The first-order chi connectivity index (χ1) is 9.63. The number of nitrogens with zero attached hydrogens (tertiary/aromatic N) is 3. The highest BCUT2D eigenvalue weighted by Gasteiger charge is 2.14. The molecular weight excluding hydrogens is 250 g/mol. The average Bonchev–Trinajstić information content (AvgIpc) is 2.46. The first kappa shape index (κ1) is 14.8. The maximum atomic E-state index is 12.3. The summed E-state index contributed by atoms with van der Waals surface area (Å²) in [7, 11) is 0. The first-order valence-corrected chi connectivity index (χ1v) is 7.49. The van der Waals surface area contributed by atoms with Crippen molar-refractivity contribution < 1.29 is 0 Å². The van der Waals surface area contributed by atoms with Gasteiger partial charge in [-0.05, 0) is 44.0 Å². The average molecular weight is 273 g/mol. The maximum Gasteiger partial charge on any atom is 0.268 e. The molecule has 0 aromatic carbocycles. The quantitative estimate of drug-likeness (QED) is 0.846. The fourth-order valence-corrected chi connectivity index (χ4v) is 2.84. The Hall–Kier alpha value is -1.60. The van der Waals surface area contributed by atoms with Crippen LogP contribution in [0.3, 0.4) is 0 Å². The highest BCUT2D eigenvalue weighted by Crippen LogP contribution is 2.14. The largest absolute Gasteiger partial charge is 0.310 e. The molecule has 0 saturated carbocycles. The second-order valence-corrected chi connectivity index (χ2v) is 5.80. The summed E-state index contributed by atoms with van der Waals surface area (Å²) in [4.78, 5) is 14.7. The molecule has 1 aliphatic rings. The van der Waals surface area contributed by atoms with Crippen LogP contribution in [0.1, 0.15) is 50.3 Å². The van der Waals surface area contributed by atoms with Crippen LogP contribution in [-0.2, 0) is 6.54 Å². The van der Waals surface area contributed by atoms with E-state index in [0.717, 1.165) is 25.3 Å². The second-order valence-electron chi connectivity index (χ2n) is 5.80. The summed E-state index contributed by atoms with van der Waals surface area (Å²) in [6, 6.07) is 5.56. The van der Waals surface area contributed by atoms with Crippen LogP contribution in [-0.4, -0.2) is 29.1 Å². The van der Waals surface area contributed by atoms with Gasteiger partial charge >= 0.3 is 0 Å². The van der Waals surface area contributed by atoms with Gasteiger partial charge in [0.2, 0.25) is 0 Å². The van der Waals surface area contributed by atoms with Crippen molar-refractivity contribution in [1.82, 2.24) is 9.47 Å². The highest BCUT2D eigenvalue weighted by atomic mass is 16.1. The summed E-state index contributed by atoms with van der Waals surface area (Å²) in [6.07, 6.45) is 3.83. The van der Waals surface area contributed by atoms with Crippen molar-refractivity contribution in [3.8, 4) is 6.07 Å². The van der Waals surface area contributed by atoms with E-state index in [1.807, 2.05) is 12.1 Å². The number of hydrogen-bond acceptors (Lipinski definition) is 3. The fraction of sp³-hybridized carbons (Fsp3) is 0.625. The van der Waals surface area contributed by atoms with E-state index >= 15 is 0 Å². The second kappa shape index (κ2) is 6.71. The molecule has 0 spiro atoms. The van der Waals surface area contributed by atoms with E-state index in [2.05, 4.69) is 18.7 Å². The molecule has 2 heterocycles. The van der Waals surface area contributed by atoms with Gasteiger partial charge in [0.05, 0.1) is 0 Å². The Balaban J connectivity index is 2.20. The summed E-state index contributed by atoms with van der Waals surface area (Å²) in [5.41, 5.74) is 1.12. The Morgan fingerprint density at radius 2 is 1.90 bits per heavy atom. The number of rotatable bonds is 4. The summed E-state index contributed by atoms with van der Waals surface area (Å²) >= 11 is 0. The molecule has 0 N–H and O–H groups in total. The first-order valence-electron chi connectivity index (χ1n) is 7.49. The number of pyridine rings is 1. The summed E-state index contributed by atoms with van der Waals surface area (Å²) in [5, 5.41) is 9.02. The van der Waals surface area contributed by atoms with E-state index in [9.17, 15) is 4.79 Å². The number of nitriles is 1. The van der Waals surface area contributed by atoms with Crippen molar-refractivity contribution in [3.05, 3.63) is 33.7 Å². The smallest absolute Gasteiger partial charge is 0.268 e. The fourth-order valence-electron chi connectivity index (χ4n) is 2.84. The third kappa shape index (κ3) is 3.29. The number of hydrogen-bond donors (Lipinski definition) is 0. The van der Waals surface area contributed by atoms with Crippen LogP contribution in [0.2, 0.25) is 0 Å². The Morgan fingerprint density at radius 1 is 1.20 bits per heavy atom. The van der Waals surface area contributed by atoms with E-state index < -0.39 is 0 Å². The van der Waals surface area contributed by atoms with E-state index in [-0.39, 0.29) is 17.0 Å². The highest BCUT2D eigenvalue weighted by molar-refractivity contribution is 5.28. The number of piperidine rings is 1. The SMILES string of the molecule is CC(C)c1ccc(C#N)c(=O)n1CCN1CCCCC1. The van der Waals surface area contributed by atoms with Crippen molar-refractivity contribution in [1.29, 1.82) is 5.26 Å². The molecule has 1 aromatic rings. The lowest BCUT2D eigenvalue weighted by Gasteiger charge is -2.27. The molecule has 1 aliphatic heterocycles. The van der Waals surface area contributed by atoms with E-state index in [1.165, 1.54) is 19.3 Å². The van der Waals surface area contributed by atoms with Gasteiger partial charge in [0.25, 0.3) is 5.56 Å². The normalized spacial score (nSPS) is 16.3. The van der Waals surface area contributed by atoms with Crippen molar-refractivity contribution in [2.45, 2.75) is 45.6 Å². The van der Waals surface area contributed by atoms with Crippen LogP contribution in [0.15, 0.2) is 16.9 Å². The molecule has 0 aliphatic carbocycles. The zero-order chi connectivity index (χ0) is 14.5. The third-order valence-corrected chi connectivity index (χ3v) is 4.01. The number of aromatic nitrogens is 1. The molecule has 0 amide bonds. The van der Waals surface area contributed by atoms with Gasteiger partial charge in [-0.25, -0.2) is 0 Å². The minimum absolute atomic E-state index is 0.143. The predicted octanol–water partition coefficient (Wildman–Crippen LogP) is 2.33. The molecule has 0 radical (unpaired) electrons. The van der Waals surface area contributed by atoms with E-state index in [0.29, 0.717) is 6.54 Å². The molecule has 4 heteroatoms. The van der Waals surface area contributed by atoms with E-state index in [1.54, 1.807) is 10.6 Å². The molecule has 1 fully saturated rings. The minimum atomic E-state index is -0.143. The van der Waals surface area contributed by atoms with E-state index in [4.69, 9.17) is 5.26 Å². The number of likely N-dealkylation sites (tertiary alicyclic amines) is 1. The molecule has 1 aromatic heterocycles. The Kier molecular flexibility index (Phi) is 4.97. The minimum Gasteiger partial charge on any atom is -0.310 e. The van der Waals surface area contributed by atoms with Crippen LogP contribution in [0, 0.1) is 11.3 Å². The molecule has 2 rings (SSSR count). The summed E-state index contributed by atoms with van der Waals surface area (Å²) in [5.74, 6) is 0.289. The van der Waals surface area contributed by atoms with Crippen LogP contribution in [0.5, 0.6) is 0 Å². The third-order valence-electron chi connectivity index (χ3n) is 4.01. The zero-order valence-corrected chi connectivity index (χ0v) is 12.4. The van der Waals surface area contributed by atoms with Crippen LogP contribution in [0.4, 0.5) is 0 Å². The van der Waals surface area contributed by atoms with Crippen molar-refractivity contribution in [2.75, 3.05) is 19.6 Å². The Bertz CT molecular complexity index is 548. The molecule has 4 nitrogen and oxygen atoms in total. The molecule has 108 valence electrons. The standard InChI is InChI=1S/C16H23N3O/c1-13(2)15-7-6-14(12-17)16(20)19(15)11-10-18-8-4-3-5-9-18/h6-7,13H,3-5,8-11H2,1-2H3. The topological polar surface area (TPSA) is 49.0 Å². The van der Waals surface area contributed by atoms with Crippen molar-refractivity contribution >= 4 is 0 Å². The molecule has 0 atom stereocenters. The monoisotopic (exact) mass is 273 g/mol. The Labute approximate surface area is 120 Å². The maximum absolute atomic E-state index is 12.3. The van der Waals surface area contributed by atoms with Gasteiger partial charge in [-0.15, -0.1) is 0 Å². The van der Waals surface area contributed by atoms with Gasteiger partial charge < -0.3 is 9.47 Å². The van der Waals surface area contributed by atoms with Crippen LogP contribution in [0.25, 0.3) is 0 Å². The summed E-state index contributed by atoms with van der Waals surface area (Å²) in [6.45, 7) is 8.00. The molecule has 0 unspecified atom stereocenters. The molecular formula is C16H23N3O. The van der Waals surface area contributed by atoms with Gasteiger partial charge in [0.1, 0.15) is 11.6 Å². The summed E-state index contributed by atoms with van der Waals surface area (Å²) < 4.78 is 1.79. The van der Waals surface area contributed by atoms with Gasteiger partial charge in [-0.3, -0.25) is 4.79 Å². The van der Waals surface area contributed by atoms with Gasteiger partial charge in [0.15, 0.2) is 0 Å². The van der Waals surface area contributed by atoms with Crippen molar-refractivity contribution in [3.63, 3.8) is 0 Å². The zero-order valence-electron chi connectivity index (χ0n) is 12.4. The van der Waals surface area contributed by atoms with Gasteiger partial charge in [0, 0.05) is 18.8 Å². The molecule has 1 saturated heterocycles. The Morgan fingerprint density at radius 3 is 2.50 bits per heavy atom. The van der Waals surface area contributed by atoms with Gasteiger partial charge in [-0.1, -0.05) is 20.3 Å². The van der Waals surface area contributed by atoms with Crippen LogP contribution >= 0.6 is 0 Å². The molecule has 20 heavy (non-hydrogen) atoms. The van der Waals surface area contributed by atoms with Crippen molar-refractivity contribution in [2.24, 2.45) is 0 Å². The lowest BCUT2D eigenvalue weighted by atomic mass is 10.1. The van der Waals surface area contributed by atoms with Crippen LogP contribution < -0.4 is 5.56 Å². The lowest BCUT2D eigenvalue weighted by molar-refractivity contribution is 0.219. The molecule has 0 bridgehead atoms. The van der Waals surface area contributed by atoms with Gasteiger partial charge in [-0.2, -0.15) is 5.26 Å². The predicted molar refractivity (Wildman–Crippen MR) is 79.8 cm³/mol.